The minimum atomic E-state index is -0.835. The van der Waals surface area contributed by atoms with Crippen LogP contribution in [0.4, 0.5) is 0 Å². The van der Waals surface area contributed by atoms with E-state index in [-0.39, 0.29) is 13.0 Å². The summed E-state index contributed by atoms with van der Waals surface area (Å²) in [4.78, 5) is 19.9. The quantitative estimate of drug-likeness (QED) is 0.614. The predicted octanol–water partition coefficient (Wildman–Crippen LogP) is 3.01. The summed E-state index contributed by atoms with van der Waals surface area (Å²) < 4.78 is 15.7. The minimum absolute atomic E-state index is 0.131. The number of carbonyl (C=O) groups excluding carboxylic acids is 1. The van der Waals surface area contributed by atoms with E-state index >= 15 is 0 Å². The molecule has 0 radical (unpaired) electrons. The highest BCUT2D eigenvalue weighted by atomic mass is 35.5. The molecular formula is C18H17ClN4O4. The van der Waals surface area contributed by atoms with Gasteiger partial charge in [0.2, 0.25) is 5.88 Å². The van der Waals surface area contributed by atoms with Gasteiger partial charge in [0.25, 0.3) is 5.89 Å². The van der Waals surface area contributed by atoms with Crippen LogP contribution in [0.1, 0.15) is 12.7 Å². The van der Waals surface area contributed by atoms with Crippen LogP contribution in [0.15, 0.2) is 47.1 Å². The molecule has 0 spiro atoms. The number of pyridine rings is 1. The monoisotopic (exact) mass is 388 g/mol. The minimum Gasteiger partial charge on any atom is -0.465 e. The van der Waals surface area contributed by atoms with Crippen LogP contribution in [0.25, 0.3) is 11.5 Å². The molecule has 2 heterocycles. The Balaban J connectivity index is 1.64. The Morgan fingerprint density at radius 3 is 2.70 bits per heavy atom. The molecule has 0 amide bonds. The van der Waals surface area contributed by atoms with Crippen molar-refractivity contribution in [3.05, 3.63) is 53.4 Å². The van der Waals surface area contributed by atoms with Crippen molar-refractivity contribution < 1.29 is 18.8 Å². The van der Waals surface area contributed by atoms with Gasteiger partial charge in [-0.2, -0.15) is 4.98 Å². The largest absolute Gasteiger partial charge is 0.465 e. The Morgan fingerprint density at radius 2 is 2.04 bits per heavy atom. The summed E-state index contributed by atoms with van der Waals surface area (Å²) in [6.07, 6.45) is 1.64. The van der Waals surface area contributed by atoms with Crippen LogP contribution in [-0.2, 0) is 16.0 Å². The van der Waals surface area contributed by atoms with E-state index in [9.17, 15) is 4.79 Å². The van der Waals surface area contributed by atoms with Crippen LogP contribution < -0.4 is 10.5 Å². The van der Waals surface area contributed by atoms with Crippen molar-refractivity contribution in [1.29, 1.82) is 0 Å². The fourth-order valence-electron chi connectivity index (χ4n) is 2.19. The van der Waals surface area contributed by atoms with Crippen LogP contribution >= 0.6 is 11.6 Å². The number of hydrogen-bond acceptors (Lipinski definition) is 8. The van der Waals surface area contributed by atoms with E-state index < -0.39 is 12.0 Å². The average Bonchev–Trinajstić information content (AvgIpc) is 3.13. The maximum atomic E-state index is 11.6. The number of hydrogen-bond donors (Lipinski definition) is 1. The van der Waals surface area contributed by atoms with Gasteiger partial charge in [0.05, 0.1) is 11.6 Å². The van der Waals surface area contributed by atoms with E-state index in [4.69, 9.17) is 31.3 Å². The molecule has 0 fully saturated rings. The molecule has 1 aromatic carbocycles. The van der Waals surface area contributed by atoms with Gasteiger partial charge in [0.1, 0.15) is 11.8 Å². The third kappa shape index (κ3) is 5.02. The summed E-state index contributed by atoms with van der Waals surface area (Å²) in [7, 11) is 0. The average molecular weight is 389 g/mol. The molecule has 0 bridgehead atoms. The molecule has 8 nitrogen and oxygen atoms in total. The molecule has 0 aliphatic heterocycles. The van der Waals surface area contributed by atoms with Crippen molar-refractivity contribution in [2.75, 3.05) is 6.61 Å². The fraction of sp³-hybridized carbons (Fsp3) is 0.222. The summed E-state index contributed by atoms with van der Waals surface area (Å²) in [6.45, 7) is 1.98. The highest BCUT2D eigenvalue weighted by Crippen LogP contribution is 2.24. The van der Waals surface area contributed by atoms with Gasteiger partial charge in [-0.15, -0.1) is 0 Å². The number of nitrogens with two attached hydrogens (primary N) is 1. The molecule has 9 heteroatoms. The van der Waals surface area contributed by atoms with Gasteiger partial charge < -0.3 is 19.7 Å². The lowest BCUT2D eigenvalue weighted by atomic mass is 10.2. The highest BCUT2D eigenvalue weighted by Gasteiger charge is 2.19. The molecule has 27 heavy (non-hydrogen) atoms. The molecular weight excluding hydrogens is 372 g/mol. The topological polar surface area (TPSA) is 113 Å². The summed E-state index contributed by atoms with van der Waals surface area (Å²) in [5, 5.41) is 4.38. The molecule has 0 saturated carbocycles. The summed E-state index contributed by atoms with van der Waals surface area (Å²) in [5.41, 5.74) is 6.46. The van der Waals surface area contributed by atoms with Crippen molar-refractivity contribution in [1.82, 2.24) is 15.1 Å². The molecule has 0 unspecified atom stereocenters. The van der Waals surface area contributed by atoms with Crippen LogP contribution in [-0.4, -0.2) is 33.7 Å². The number of carbonyl (C=O) groups is 1. The number of rotatable bonds is 7. The van der Waals surface area contributed by atoms with E-state index in [0.717, 1.165) is 0 Å². The summed E-state index contributed by atoms with van der Waals surface area (Å²) >= 11 is 5.79. The first-order valence-electron chi connectivity index (χ1n) is 8.20. The van der Waals surface area contributed by atoms with Crippen molar-refractivity contribution in [3.63, 3.8) is 0 Å². The lowest BCUT2D eigenvalue weighted by molar-refractivity contribution is -0.144. The number of benzene rings is 1. The third-order valence-corrected chi connectivity index (χ3v) is 3.71. The lowest BCUT2D eigenvalue weighted by Crippen LogP contribution is -2.34. The summed E-state index contributed by atoms with van der Waals surface area (Å²) in [5.74, 6) is 1.17. The molecule has 2 N–H and O–H groups in total. The van der Waals surface area contributed by atoms with Gasteiger partial charge in [0.15, 0.2) is 5.82 Å². The number of ether oxygens (including phenoxy) is 2. The Bertz CT molecular complexity index is 896. The fourth-order valence-corrected chi connectivity index (χ4v) is 2.30. The standard InChI is InChI=1S/C18H17ClN4O4/c1-2-25-18(24)14(20)9-15-22-17(27-23-15)11-3-6-13(7-4-11)26-16-8-5-12(19)10-21-16/h3-8,10,14H,2,9,20H2,1H3/t14-/m0/s1. The first-order valence-corrected chi connectivity index (χ1v) is 8.57. The first kappa shape index (κ1) is 18.8. The Hall–Kier alpha value is -2.97. The number of aromatic nitrogens is 3. The Kier molecular flexibility index (Phi) is 6.00. The Labute approximate surface area is 160 Å². The first-order chi connectivity index (χ1) is 13.0. The molecule has 0 aliphatic carbocycles. The molecule has 2 aromatic heterocycles. The van der Waals surface area contributed by atoms with Gasteiger partial charge in [-0.05, 0) is 37.3 Å². The molecule has 140 valence electrons. The number of halogens is 1. The zero-order valence-corrected chi connectivity index (χ0v) is 15.2. The number of esters is 1. The highest BCUT2D eigenvalue weighted by molar-refractivity contribution is 6.30. The SMILES string of the molecule is CCOC(=O)[C@@H](N)Cc1noc(-c2ccc(Oc3ccc(Cl)cn3)cc2)n1. The van der Waals surface area contributed by atoms with Gasteiger partial charge in [-0.25, -0.2) is 4.98 Å². The van der Waals surface area contributed by atoms with Gasteiger partial charge in [-0.1, -0.05) is 16.8 Å². The van der Waals surface area contributed by atoms with Crippen molar-refractivity contribution in [2.45, 2.75) is 19.4 Å². The second kappa shape index (κ2) is 8.61. The lowest BCUT2D eigenvalue weighted by Gasteiger charge is -2.07. The van der Waals surface area contributed by atoms with E-state index in [0.29, 0.717) is 33.9 Å². The molecule has 1 atom stereocenters. The third-order valence-electron chi connectivity index (χ3n) is 3.48. The van der Waals surface area contributed by atoms with Crippen LogP contribution in [0.2, 0.25) is 5.02 Å². The molecule has 0 saturated heterocycles. The maximum absolute atomic E-state index is 11.6. The predicted molar refractivity (Wildman–Crippen MR) is 97.4 cm³/mol. The van der Waals surface area contributed by atoms with Gasteiger partial charge in [0, 0.05) is 24.2 Å². The molecule has 3 rings (SSSR count). The van der Waals surface area contributed by atoms with Crippen molar-refractivity contribution >= 4 is 17.6 Å². The van der Waals surface area contributed by atoms with Crippen molar-refractivity contribution in [2.24, 2.45) is 5.73 Å². The van der Waals surface area contributed by atoms with E-state index in [1.165, 1.54) is 6.20 Å². The smallest absolute Gasteiger partial charge is 0.323 e. The summed E-state index contributed by atoms with van der Waals surface area (Å²) in [6, 6.07) is 9.58. The zero-order chi connectivity index (χ0) is 19.2. The maximum Gasteiger partial charge on any atom is 0.323 e. The normalized spacial score (nSPS) is 11.8. The van der Waals surface area contributed by atoms with Crippen molar-refractivity contribution in [3.8, 4) is 23.1 Å². The Morgan fingerprint density at radius 1 is 1.26 bits per heavy atom. The van der Waals surface area contributed by atoms with E-state index in [2.05, 4.69) is 15.1 Å². The van der Waals surface area contributed by atoms with Gasteiger partial charge in [-0.3, -0.25) is 4.79 Å². The van der Waals surface area contributed by atoms with E-state index in [1.807, 2.05) is 0 Å². The van der Waals surface area contributed by atoms with Crippen LogP contribution in [0, 0.1) is 0 Å². The van der Waals surface area contributed by atoms with E-state index in [1.54, 1.807) is 43.3 Å². The zero-order valence-electron chi connectivity index (χ0n) is 14.5. The second-order valence-electron chi connectivity index (χ2n) is 5.52. The second-order valence-corrected chi connectivity index (χ2v) is 5.96. The van der Waals surface area contributed by atoms with Gasteiger partial charge >= 0.3 is 5.97 Å². The van der Waals surface area contributed by atoms with Crippen LogP contribution in [0.3, 0.4) is 0 Å². The number of nitrogens with zero attached hydrogens (tertiary/aromatic N) is 3. The van der Waals surface area contributed by atoms with Crippen LogP contribution in [0.5, 0.6) is 11.6 Å². The molecule has 0 aliphatic rings. The molecule has 3 aromatic rings.